The number of ether oxygens (including phenoxy) is 1. The Morgan fingerprint density at radius 1 is 1.13 bits per heavy atom. The average molecular weight is 583 g/mol. The molecule has 4 rings (SSSR count). The van der Waals surface area contributed by atoms with Gasteiger partial charge in [0.15, 0.2) is 9.84 Å². The number of carbonyl (C=O) groups is 1. The van der Waals surface area contributed by atoms with Crippen molar-refractivity contribution in [3.8, 4) is 5.75 Å². The van der Waals surface area contributed by atoms with Gasteiger partial charge in [-0.2, -0.15) is 13.2 Å². The lowest BCUT2D eigenvalue weighted by Gasteiger charge is -2.32. The van der Waals surface area contributed by atoms with Crippen molar-refractivity contribution in [3.05, 3.63) is 93.8 Å². The molecular weight excluding hydrogens is 560 g/mol. The quantitative estimate of drug-likeness (QED) is 0.229. The molecule has 206 valence electrons. The van der Waals surface area contributed by atoms with Crippen LogP contribution in [0.25, 0.3) is 11.6 Å². The molecule has 0 aromatic heterocycles. The summed E-state index contributed by atoms with van der Waals surface area (Å²) in [6.07, 6.45) is -4.36. The van der Waals surface area contributed by atoms with Gasteiger partial charge < -0.3 is 9.84 Å². The van der Waals surface area contributed by atoms with Crippen molar-refractivity contribution in [2.45, 2.75) is 48.6 Å². The smallest absolute Gasteiger partial charge is 0.416 e. The normalized spacial score (nSPS) is 17.8. The van der Waals surface area contributed by atoms with Crippen LogP contribution >= 0.6 is 11.6 Å². The van der Waals surface area contributed by atoms with E-state index in [0.29, 0.717) is 17.2 Å². The van der Waals surface area contributed by atoms with E-state index in [1.165, 1.54) is 30.3 Å². The van der Waals surface area contributed by atoms with E-state index < -0.39 is 49.6 Å². The number of halogens is 5. The van der Waals surface area contributed by atoms with Crippen molar-refractivity contribution in [1.82, 2.24) is 0 Å². The number of benzene rings is 3. The molecule has 39 heavy (non-hydrogen) atoms. The van der Waals surface area contributed by atoms with Gasteiger partial charge in [-0.25, -0.2) is 12.8 Å². The topological polar surface area (TPSA) is 80.7 Å². The van der Waals surface area contributed by atoms with Gasteiger partial charge in [-0.05, 0) is 66.9 Å². The van der Waals surface area contributed by atoms with Gasteiger partial charge in [0, 0.05) is 24.0 Å². The van der Waals surface area contributed by atoms with E-state index in [1.54, 1.807) is 19.1 Å². The van der Waals surface area contributed by atoms with Crippen LogP contribution in [0.2, 0.25) is 5.02 Å². The Morgan fingerprint density at radius 2 is 1.85 bits per heavy atom. The summed E-state index contributed by atoms with van der Waals surface area (Å²) in [4.78, 5) is 10.6. The molecule has 0 fully saturated rings. The SMILES string of the molecule is CC(=Cc1ccc2c(c1)C(S(=O)(=O)c1cccc(C(F)(F)F)c1)CC(CCC(=O)O)O2)c1c(F)cccc1Cl. The summed E-state index contributed by atoms with van der Waals surface area (Å²) >= 11 is 6.17. The Balaban J connectivity index is 1.80. The first-order valence-electron chi connectivity index (χ1n) is 11.8. The Labute approximate surface area is 227 Å². The molecule has 0 amide bonds. The minimum absolute atomic E-state index is 0.00985. The number of fused-ring (bicyclic) bond motifs is 1. The molecule has 1 heterocycles. The Kier molecular flexibility index (Phi) is 8.09. The van der Waals surface area contributed by atoms with E-state index in [-0.39, 0.29) is 41.2 Å². The lowest BCUT2D eigenvalue weighted by atomic mass is 9.96. The predicted molar refractivity (Wildman–Crippen MR) is 139 cm³/mol. The van der Waals surface area contributed by atoms with E-state index in [9.17, 15) is 30.8 Å². The van der Waals surface area contributed by atoms with Crippen LogP contribution in [0.4, 0.5) is 17.6 Å². The zero-order valence-electron chi connectivity index (χ0n) is 20.5. The van der Waals surface area contributed by atoms with E-state index in [2.05, 4.69) is 0 Å². The highest BCUT2D eigenvalue weighted by molar-refractivity contribution is 7.91. The summed E-state index contributed by atoms with van der Waals surface area (Å²) in [5.74, 6) is -1.45. The molecule has 0 saturated heterocycles. The van der Waals surface area contributed by atoms with Crippen LogP contribution < -0.4 is 4.74 Å². The van der Waals surface area contributed by atoms with Crippen LogP contribution in [0, 0.1) is 5.82 Å². The lowest BCUT2D eigenvalue weighted by molar-refractivity contribution is -0.138. The van der Waals surface area contributed by atoms with Crippen molar-refractivity contribution in [1.29, 1.82) is 0 Å². The molecule has 2 atom stereocenters. The van der Waals surface area contributed by atoms with Gasteiger partial charge in [-0.3, -0.25) is 4.79 Å². The van der Waals surface area contributed by atoms with Gasteiger partial charge in [0.1, 0.15) is 17.7 Å². The maximum Gasteiger partial charge on any atom is 0.416 e. The monoisotopic (exact) mass is 582 g/mol. The molecule has 1 aliphatic rings. The summed E-state index contributed by atoms with van der Waals surface area (Å²) in [5, 5.41) is 7.96. The fourth-order valence-electron chi connectivity index (χ4n) is 4.57. The number of rotatable bonds is 7. The van der Waals surface area contributed by atoms with Crippen LogP contribution in [-0.2, 0) is 20.8 Å². The Morgan fingerprint density at radius 3 is 2.51 bits per heavy atom. The number of allylic oxidation sites excluding steroid dienone is 1. The molecule has 0 spiro atoms. The zero-order valence-corrected chi connectivity index (χ0v) is 22.1. The molecule has 0 aliphatic carbocycles. The number of sulfone groups is 1. The van der Waals surface area contributed by atoms with Crippen molar-refractivity contribution in [2.75, 3.05) is 0 Å². The van der Waals surface area contributed by atoms with Crippen LogP contribution in [0.3, 0.4) is 0 Å². The first kappa shape index (κ1) is 28.6. The summed E-state index contributed by atoms with van der Waals surface area (Å²) < 4.78 is 87.8. The summed E-state index contributed by atoms with van der Waals surface area (Å²) in [7, 11) is -4.37. The third-order valence-electron chi connectivity index (χ3n) is 6.44. The predicted octanol–water partition coefficient (Wildman–Crippen LogP) is 7.59. The highest BCUT2D eigenvalue weighted by Gasteiger charge is 2.39. The zero-order chi connectivity index (χ0) is 28.5. The second kappa shape index (κ2) is 11.0. The van der Waals surface area contributed by atoms with Crippen molar-refractivity contribution >= 4 is 39.1 Å². The summed E-state index contributed by atoms with van der Waals surface area (Å²) in [5.41, 5.74) is 0.233. The van der Waals surface area contributed by atoms with Gasteiger partial charge in [-0.1, -0.05) is 35.9 Å². The molecule has 11 heteroatoms. The Hall–Kier alpha value is -3.37. The molecular formula is C28H23ClF4O5S. The molecule has 1 N–H and O–H groups in total. The first-order chi connectivity index (χ1) is 18.3. The Bertz CT molecular complexity index is 1530. The number of carboxylic acid groups (broad SMARTS) is 1. The highest BCUT2D eigenvalue weighted by Crippen LogP contribution is 2.44. The van der Waals surface area contributed by atoms with Crippen LogP contribution in [0.5, 0.6) is 5.75 Å². The second-order valence-corrected chi connectivity index (χ2v) is 11.7. The first-order valence-corrected chi connectivity index (χ1v) is 13.8. The van der Waals surface area contributed by atoms with E-state index in [0.717, 1.165) is 18.2 Å². The fraction of sp³-hybridized carbons (Fsp3) is 0.250. The van der Waals surface area contributed by atoms with Crippen molar-refractivity contribution < 1.29 is 40.6 Å². The highest BCUT2D eigenvalue weighted by atomic mass is 35.5. The van der Waals surface area contributed by atoms with E-state index >= 15 is 0 Å². The standard InChI is InChI=1S/C28H23ClF4O5S/c1-16(27-22(29)6-3-7-23(27)30)12-17-8-10-24-21(13-17)25(15-19(38-24)9-11-26(34)35)39(36,37)20-5-2-4-18(14-20)28(31,32)33/h2-8,10,12-14,19,25H,9,11,15H2,1H3,(H,34,35). The third kappa shape index (κ3) is 6.28. The van der Waals surface area contributed by atoms with Gasteiger partial charge >= 0.3 is 12.1 Å². The van der Waals surface area contributed by atoms with Crippen molar-refractivity contribution in [3.63, 3.8) is 0 Å². The molecule has 0 bridgehead atoms. The number of aliphatic carboxylic acids is 1. The minimum atomic E-state index is -4.74. The molecule has 3 aromatic carbocycles. The molecule has 5 nitrogen and oxygen atoms in total. The molecule has 2 unspecified atom stereocenters. The maximum absolute atomic E-state index is 14.4. The largest absolute Gasteiger partial charge is 0.490 e. The van der Waals surface area contributed by atoms with Gasteiger partial charge in [0.05, 0.1) is 20.7 Å². The van der Waals surface area contributed by atoms with E-state index in [4.69, 9.17) is 21.4 Å². The summed E-state index contributed by atoms with van der Waals surface area (Å²) in [6.45, 7) is 1.64. The molecule has 3 aromatic rings. The second-order valence-electron chi connectivity index (χ2n) is 9.19. The van der Waals surface area contributed by atoms with Crippen LogP contribution in [-0.4, -0.2) is 25.6 Å². The average Bonchev–Trinajstić information content (AvgIpc) is 2.86. The fourth-order valence-corrected chi connectivity index (χ4v) is 6.76. The van der Waals surface area contributed by atoms with Crippen LogP contribution in [0.15, 0.2) is 65.6 Å². The van der Waals surface area contributed by atoms with Gasteiger partial charge in [0.2, 0.25) is 0 Å². The summed E-state index contributed by atoms with van der Waals surface area (Å²) in [6, 6.07) is 12.4. The van der Waals surface area contributed by atoms with E-state index in [1.807, 2.05) is 0 Å². The number of carboxylic acids is 1. The number of alkyl halides is 3. The number of hydrogen-bond acceptors (Lipinski definition) is 4. The van der Waals surface area contributed by atoms with Crippen LogP contribution in [0.1, 0.15) is 53.7 Å². The molecule has 0 radical (unpaired) electrons. The maximum atomic E-state index is 14.4. The third-order valence-corrected chi connectivity index (χ3v) is 8.86. The van der Waals surface area contributed by atoms with Crippen molar-refractivity contribution in [2.24, 2.45) is 0 Å². The van der Waals surface area contributed by atoms with Gasteiger partial charge in [0.25, 0.3) is 0 Å². The van der Waals surface area contributed by atoms with Gasteiger partial charge in [-0.15, -0.1) is 0 Å². The minimum Gasteiger partial charge on any atom is -0.490 e. The molecule has 1 aliphatic heterocycles. The number of hydrogen-bond donors (Lipinski definition) is 1. The molecule has 0 saturated carbocycles. The lowest BCUT2D eigenvalue weighted by Crippen LogP contribution is -2.30.